The van der Waals surface area contributed by atoms with Gasteiger partial charge in [0.2, 0.25) is 5.91 Å². The maximum Gasteiger partial charge on any atom is 0.224 e. The molecule has 26 heavy (non-hydrogen) atoms. The van der Waals surface area contributed by atoms with Crippen LogP contribution in [0.15, 0.2) is 48.5 Å². The minimum atomic E-state index is -0.510. The summed E-state index contributed by atoms with van der Waals surface area (Å²) in [6, 6.07) is 14.0. The van der Waals surface area contributed by atoms with Crippen LogP contribution in [0.1, 0.15) is 23.4 Å². The summed E-state index contributed by atoms with van der Waals surface area (Å²) in [5.74, 6) is -0.664. The van der Waals surface area contributed by atoms with Gasteiger partial charge in [0.15, 0.2) is 0 Å². The molecule has 2 aromatic carbocycles. The number of carbonyl (C=O) groups excluding carboxylic acids is 1. The molecule has 1 N–H and O–H groups in total. The molecule has 0 unspecified atom stereocenters. The molecule has 0 saturated heterocycles. The van der Waals surface area contributed by atoms with Gasteiger partial charge in [-0.3, -0.25) is 4.79 Å². The van der Waals surface area contributed by atoms with Crippen molar-refractivity contribution in [2.75, 3.05) is 5.32 Å². The van der Waals surface area contributed by atoms with E-state index in [1.807, 2.05) is 48.9 Å². The Bertz CT molecular complexity index is 938. The van der Waals surface area contributed by atoms with E-state index in [0.717, 1.165) is 22.6 Å². The third kappa shape index (κ3) is 3.94. The van der Waals surface area contributed by atoms with Crippen LogP contribution in [0.25, 0.3) is 5.69 Å². The van der Waals surface area contributed by atoms with Gasteiger partial charge in [0.05, 0.1) is 16.4 Å². The van der Waals surface area contributed by atoms with Gasteiger partial charge in [0.1, 0.15) is 5.82 Å². The van der Waals surface area contributed by atoms with Crippen molar-refractivity contribution in [2.24, 2.45) is 0 Å². The Balaban J connectivity index is 1.69. The zero-order chi connectivity index (χ0) is 18.7. The van der Waals surface area contributed by atoms with Gasteiger partial charge in [-0.25, -0.2) is 9.07 Å². The lowest BCUT2D eigenvalue weighted by molar-refractivity contribution is -0.116. The topological polar surface area (TPSA) is 46.9 Å². The standard InChI is InChI=1S/C20H19ClFN3O/c1-13-17(14(2)25(24-13)16-6-4-3-5-7-16)9-11-20(26)23-15-8-10-19(22)18(21)12-15/h3-8,10,12H,9,11H2,1-2H3,(H,23,26). The van der Waals surface area contributed by atoms with Crippen molar-refractivity contribution in [3.8, 4) is 5.69 Å². The number of hydrogen-bond donors (Lipinski definition) is 1. The SMILES string of the molecule is Cc1nn(-c2ccccc2)c(C)c1CCC(=O)Nc1ccc(F)c(Cl)c1. The van der Waals surface area contributed by atoms with E-state index in [1.54, 1.807) is 0 Å². The van der Waals surface area contributed by atoms with Gasteiger partial charge in [-0.2, -0.15) is 5.10 Å². The van der Waals surface area contributed by atoms with Gasteiger partial charge in [0.25, 0.3) is 0 Å². The van der Waals surface area contributed by atoms with Crippen LogP contribution in [0.5, 0.6) is 0 Å². The van der Waals surface area contributed by atoms with E-state index in [-0.39, 0.29) is 10.9 Å². The molecule has 1 amide bonds. The highest BCUT2D eigenvalue weighted by atomic mass is 35.5. The number of carbonyl (C=O) groups is 1. The second kappa shape index (κ2) is 7.70. The summed E-state index contributed by atoms with van der Waals surface area (Å²) in [6.07, 6.45) is 0.877. The molecule has 0 aliphatic heterocycles. The average Bonchev–Trinajstić information content (AvgIpc) is 2.91. The first kappa shape index (κ1) is 18.1. The van der Waals surface area contributed by atoms with Crippen LogP contribution in [0.2, 0.25) is 5.02 Å². The molecule has 0 saturated carbocycles. The lowest BCUT2D eigenvalue weighted by Gasteiger charge is -2.07. The van der Waals surface area contributed by atoms with E-state index in [9.17, 15) is 9.18 Å². The van der Waals surface area contributed by atoms with Gasteiger partial charge in [0, 0.05) is 17.8 Å². The zero-order valence-corrected chi connectivity index (χ0v) is 15.3. The summed E-state index contributed by atoms with van der Waals surface area (Å²) in [5, 5.41) is 7.31. The Kier molecular flexibility index (Phi) is 5.38. The predicted octanol–water partition coefficient (Wildman–Crippen LogP) is 4.85. The molecule has 0 fully saturated rings. The molecule has 0 bridgehead atoms. The van der Waals surface area contributed by atoms with Crippen LogP contribution >= 0.6 is 11.6 Å². The molecule has 134 valence electrons. The molecule has 1 heterocycles. The summed E-state index contributed by atoms with van der Waals surface area (Å²) in [4.78, 5) is 12.2. The minimum Gasteiger partial charge on any atom is -0.326 e. The maximum atomic E-state index is 13.2. The number of rotatable bonds is 5. The summed E-state index contributed by atoms with van der Waals surface area (Å²) in [5.41, 5.74) is 4.45. The third-order valence-electron chi connectivity index (χ3n) is 4.25. The van der Waals surface area contributed by atoms with Crippen molar-refractivity contribution in [2.45, 2.75) is 26.7 Å². The van der Waals surface area contributed by atoms with E-state index in [2.05, 4.69) is 10.4 Å². The van der Waals surface area contributed by atoms with Gasteiger partial charge in [-0.1, -0.05) is 29.8 Å². The summed E-state index contributed by atoms with van der Waals surface area (Å²) in [6.45, 7) is 3.94. The molecular formula is C20H19ClFN3O. The fraction of sp³-hybridized carbons (Fsp3) is 0.200. The van der Waals surface area contributed by atoms with Crippen LogP contribution in [0.4, 0.5) is 10.1 Å². The van der Waals surface area contributed by atoms with E-state index >= 15 is 0 Å². The first-order valence-electron chi connectivity index (χ1n) is 8.31. The Labute approximate surface area is 156 Å². The molecule has 0 aliphatic carbocycles. The highest BCUT2D eigenvalue weighted by molar-refractivity contribution is 6.31. The smallest absolute Gasteiger partial charge is 0.224 e. The summed E-state index contributed by atoms with van der Waals surface area (Å²) in [7, 11) is 0. The van der Waals surface area contributed by atoms with Crippen molar-refractivity contribution in [1.29, 1.82) is 0 Å². The van der Waals surface area contributed by atoms with E-state index in [4.69, 9.17) is 11.6 Å². The van der Waals surface area contributed by atoms with Crippen LogP contribution < -0.4 is 5.32 Å². The number of amides is 1. The van der Waals surface area contributed by atoms with Crippen LogP contribution in [0.3, 0.4) is 0 Å². The van der Waals surface area contributed by atoms with E-state index < -0.39 is 5.82 Å². The third-order valence-corrected chi connectivity index (χ3v) is 4.54. The largest absolute Gasteiger partial charge is 0.326 e. The van der Waals surface area contributed by atoms with Gasteiger partial charge in [-0.15, -0.1) is 0 Å². The second-order valence-corrected chi connectivity index (χ2v) is 6.48. The van der Waals surface area contributed by atoms with Crippen LogP contribution in [0, 0.1) is 19.7 Å². The first-order valence-corrected chi connectivity index (χ1v) is 8.69. The van der Waals surface area contributed by atoms with Crippen LogP contribution in [-0.4, -0.2) is 15.7 Å². The van der Waals surface area contributed by atoms with Crippen molar-refractivity contribution in [3.05, 3.63) is 76.3 Å². The van der Waals surface area contributed by atoms with Crippen LogP contribution in [-0.2, 0) is 11.2 Å². The quantitative estimate of drug-likeness (QED) is 0.696. The number of hydrogen-bond acceptors (Lipinski definition) is 2. The number of anilines is 1. The molecule has 4 nitrogen and oxygen atoms in total. The fourth-order valence-electron chi connectivity index (χ4n) is 2.89. The number of nitrogens with zero attached hydrogens (tertiary/aromatic N) is 2. The molecule has 6 heteroatoms. The summed E-state index contributed by atoms with van der Waals surface area (Å²) >= 11 is 5.74. The molecule has 3 rings (SSSR count). The summed E-state index contributed by atoms with van der Waals surface area (Å²) < 4.78 is 15.1. The van der Waals surface area contributed by atoms with Crippen molar-refractivity contribution in [1.82, 2.24) is 9.78 Å². The fourth-order valence-corrected chi connectivity index (χ4v) is 3.07. The zero-order valence-electron chi connectivity index (χ0n) is 14.6. The molecule has 3 aromatic rings. The van der Waals surface area contributed by atoms with Crippen molar-refractivity contribution in [3.63, 3.8) is 0 Å². The minimum absolute atomic E-state index is 0.0152. The molecular weight excluding hydrogens is 353 g/mol. The number of aryl methyl sites for hydroxylation is 1. The molecule has 0 atom stereocenters. The predicted molar refractivity (Wildman–Crippen MR) is 101 cm³/mol. The molecule has 0 aliphatic rings. The lowest BCUT2D eigenvalue weighted by Crippen LogP contribution is -2.12. The number of para-hydroxylation sites is 1. The van der Waals surface area contributed by atoms with E-state index in [1.165, 1.54) is 18.2 Å². The lowest BCUT2D eigenvalue weighted by atomic mass is 10.1. The van der Waals surface area contributed by atoms with E-state index in [0.29, 0.717) is 18.5 Å². The van der Waals surface area contributed by atoms with Crippen molar-refractivity contribution >= 4 is 23.2 Å². The highest BCUT2D eigenvalue weighted by Crippen LogP contribution is 2.21. The number of halogens is 2. The Morgan fingerprint density at radius 1 is 1.19 bits per heavy atom. The number of aromatic nitrogens is 2. The van der Waals surface area contributed by atoms with Crippen molar-refractivity contribution < 1.29 is 9.18 Å². The van der Waals surface area contributed by atoms with Gasteiger partial charge in [-0.05, 0) is 56.2 Å². The number of benzene rings is 2. The Morgan fingerprint density at radius 3 is 2.62 bits per heavy atom. The Hall–Kier alpha value is -2.66. The van der Waals surface area contributed by atoms with Gasteiger partial charge >= 0.3 is 0 Å². The molecule has 1 aromatic heterocycles. The number of nitrogens with one attached hydrogen (secondary N) is 1. The molecule has 0 radical (unpaired) electrons. The second-order valence-electron chi connectivity index (χ2n) is 6.07. The molecule has 0 spiro atoms. The maximum absolute atomic E-state index is 13.2. The monoisotopic (exact) mass is 371 g/mol. The van der Waals surface area contributed by atoms with Gasteiger partial charge < -0.3 is 5.32 Å². The first-order chi connectivity index (χ1) is 12.5. The highest BCUT2D eigenvalue weighted by Gasteiger charge is 2.14. The Morgan fingerprint density at radius 2 is 1.92 bits per heavy atom. The normalized spacial score (nSPS) is 10.8. The average molecular weight is 372 g/mol.